The van der Waals surface area contributed by atoms with Gasteiger partial charge < -0.3 is 5.32 Å². The number of nitrogens with zero attached hydrogens (tertiary/aromatic N) is 4. The van der Waals surface area contributed by atoms with E-state index in [9.17, 15) is 4.39 Å². The monoisotopic (exact) mass is 265 g/mol. The molecule has 0 radical (unpaired) electrons. The Labute approximate surface area is 112 Å². The van der Waals surface area contributed by atoms with Crippen LogP contribution in [0.3, 0.4) is 0 Å². The number of hydrogen-bond acceptors (Lipinski definition) is 3. The Balaban J connectivity index is 1.94. The van der Waals surface area contributed by atoms with Gasteiger partial charge in [0.15, 0.2) is 0 Å². The predicted octanol–water partition coefficient (Wildman–Crippen LogP) is 1.76. The lowest BCUT2D eigenvalue weighted by Crippen LogP contribution is -2.17. The maximum atomic E-state index is 13.7. The van der Waals surface area contributed by atoms with Crippen molar-refractivity contribution in [1.29, 1.82) is 0 Å². The van der Waals surface area contributed by atoms with Crippen LogP contribution in [0.25, 0.3) is 0 Å². The molecule has 2 aromatic rings. The topological polar surface area (TPSA) is 47.7 Å². The summed E-state index contributed by atoms with van der Waals surface area (Å²) in [4.78, 5) is 0. The smallest absolute Gasteiger partial charge is 0.215 e. The lowest BCUT2D eigenvalue weighted by atomic mass is 10.2. The zero-order valence-electron chi connectivity index (χ0n) is 11.6. The minimum Gasteiger partial charge on any atom is -0.307 e. The molecule has 0 bridgehead atoms. The van der Waals surface area contributed by atoms with E-state index in [1.165, 1.54) is 4.68 Å². The van der Waals surface area contributed by atoms with Crippen molar-refractivity contribution in [2.75, 3.05) is 0 Å². The molecule has 0 unspecified atom stereocenters. The van der Waals surface area contributed by atoms with Gasteiger partial charge in [-0.2, -0.15) is 14.6 Å². The van der Waals surface area contributed by atoms with Crippen LogP contribution in [0.2, 0.25) is 0 Å². The van der Waals surface area contributed by atoms with Gasteiger partial charge in [-0.05, 0) is 19.4 Å². The number of hydrogen-bond donors (Lipinski definition) is 1. The van der Waals surface area contributed by atoms with Gasteiger partial charge in [0.05, 0.1) is 11.4 Å². The van der Waals surface area contributed by atoms with E-state index in [2.05, 4.69) is 22.4 Å². The normalized spacial score (nSPS) is 11.2. The van der Waals surface area contributed by atoms with Crippen molar-refractivity contribution >= 4 is 0 Å². The van der Waals surface area contributed by atoms with Crippen molar-refractivity contribution in [2.24, 2.45) is 7.05 Å². The summed E-state index contributed by atoms with van der Waals surface area (Å²) in [7, 11) is 1.61. The summed E-state index contributed by atoms with van der Waals surface area (Å²) in [6.07, 6.45) is 2.84. The summed E-state index contributed by atoms with van der Waals surface area (Å²) in [6, 6.07) is 1.98. The van der Waals surface area contributed by atoms with Crippen molar-refractivity contribution in [2.45, 2.75) is 39.9 Å². The number of nitrogens with one attached hydrogen (secondary N) is 1. The lowest BCUT2D eigenvalue weighted by molar-refractivity contribution is 0.487. The highest BCUT2D eigenvalue weighted by atomic mass is 19.1. The molecule has 0 saturated carbocycles. The molecule has 2 rings (SSSR count). The van der Waals surface area contributed by atoms with Crippen LogP contribution in [0.15, 0.2) is 12.3 Å². The number of aryl methyl sites for hydroxylation is 3. The fourth-order valence-corrected chi connectivity index (χ4v) is 2.11. The van der Waals surface area contributed by atoms with E-state index in [-0.39, 0.29) is 5.95 Å². The first kappa shape index (κ1) is 13.7. The molecule has 0 aliphatic rings. The molecule has 0 aromatic carbocycles. The Hall–Kier alpha value is -1.69. The van der Waals surface area contributed by atoms with Crippen molar-refractivity contribution in [3.8, 4) is 0 Å². The zero-order chi connectivity index (χ0) is 13.8. The summed E-state index contributed by atoms with van der Waals surface area (Å²) in [5.74, 6) is -0.271. The SMILES string of the molecule is CCCn1nccc1CNCc1c(C)nn(C)c1F. The van der Waals surface area contributed by atoms with Crippen LogP contribution in [-0.2, 0) is 26.7 Å². The first-order chi connectivity index (χ1) is 9.13. The molecule has 0 atom stereocenters. The van der Waals surface area contributed by atoms with Crippen molar-refractivity contribution in [3.05, 3.63) is 35.2 Å². The minimum absolute atomic E-state index is 0.271. The van der Waals surface area contributed by atoms with Gasteiger partial charge in [0.25, 0.3) is 0 Å². The fraction of sp³-hybridized carbons (Fsp3) is 0.538. The van der Waals surface area contributed by atoms with Gasteiger partial charge in [-0.15, -0.1) is 0 Å². The van der Waals surface area contributed by atoms with Crippen molar-refractivity contribution in [3.63, 3.8) is 0 Å². The average molecular weight is 265 g/mol. The summed E-state index contributed by atoms with van der Waals surface area (Å²) in [5, 5.41) is 11.6. The Morgan fingerprint density at radius 2 is 2.16 bits per heavy atom. The lowest BCUT2D eigenvalue weighted by Gasteiger charge is -2.07. The van der Waals surface area contributed by atoms with Crippen molar-refractivity contribution in [1.82, 2.24) is 24.9 Å². The molecule has 2 heterocycles. The van der Waals surface area contributed by atoms with Crippen LogP contribution in [0.5, 0.6) is 0 Å². The second-order valence-corrected chi connectivity index (χ2v) is 4.63. The highest BCUT2D eigenvalue weighted by molar-refractivity contribution is 5.17. The molecule has 104 valence electrons. The molecule has 5 nitrogen and oxygen atoms in total. The summed E-state index contributed by atoms with van der Waals surface area (Å²) >= 11 is 0. The molecular formula is C13H20FN5. The Bertz CT molecular complexity index is 543. The third kappa shape index (κ3) is 3.01. The van der Waals surface area contributed by atoms with E-state index in [4.69, 9.17) is 0 Å². The second-order valence-electron chi connectivity index (χ2n) is 4.63. The van der Waals surface area contributed by atoms with E-state index >= 15 is 0 Å². The van der Waals surface area contributed by atoms with Gasteiger partial charge in [-0.1, -0.05) is 6.92 Å². The summed E-state index contributed by atoms with van der Waals surface area (Å²) < 4.78 is 17.0. The Kier molecular flexibility index (Phi) is 4.31. The molecule has 2 aromatic heterocycles. The van der Waals surface area contributed by atoms with Gasteiger partial charge in [-0.3, -0.25) is 4.68 Å². The zero-order valence-corrected chi connectivity index (χ0v) is 11.6. The Morgan fingerprint density at radius 3 is 2.79 bits per heavy atom. The molecule has 19 heavy (non-hydrogen) atoms. The van der Waals surface area contributed by atoms with Crippen LogP contribution in [0, 0.1) is 12.9 Å². The average Bonchev–Trinajstić information content (AvgIpc) is 2.90. The van der Waals surface area contributed by atoms with E-state index < -0.39 is 0 Å². The van der Waals surface area contributed by atoms with Gasteiger partial charge in [0.2, 0.25) is 5.95 Å². The fourth-order valence-electron chi connectivity index (χ4n) is 2.11. The highest BCUT2D eigenvalue weighted by Gasteiger charge is 2.12. The quantitative estimate of drug-likeness (QED) is 0.866. The summed E-state index contributed by atoms with van der Waals surface area (Å²) in [5.41, 5.74) is 2.47. The number of halogens is 1. The predicted molar refractivity (Wildman–Crippen MR) is 71.0 cm³/mol. The number of aromatic nitrogens is 4. The first-order valence-corrected chi connectivity index (χ1v) is 6.52. The van der Waals surface area contributed by atoms with Crippen molar-refractivity contribution < 1.29 is 4.39 Å². The van der Waals surface area contributed by atoms with E-state index in [1.807, 2.05) is 17.7 Å². The maximum absolute atomic E-state index is 13.7. The van der Waals surface area contributed by atoms with Gasteiger partial charge in [-0.25, -0.2) is 4.68 Å². The number of rotatable bonds is 6. The van der Waals surface area contributed by atoms with E-state index in [0.717, 1.165) is 24.4 Å². The van der Waals surface area contributed by atoms with Crippen LogP contribution in [0.4, 0.5) is 4.39 Å². The molecular weight excluding hydrogens is 245 g/mol. The van der Waals surface area contributed by atoms with Crippen LogP contribution in [0.1, 0.15) is 30.3 Å². The largest absolute Gasteiger partial charge is 0.307 e. The minimum atomic E-state index is -0.271. The molecule has 0 amide bonds. The van der Waals surface area contributed by atoms with Crippen LogP contribution >= 0.6 is 0 Å². The Morgan fingerprint density at radius 1 is 1.37 bits per heavy atom. The third-order valence-corrected chi connectivity index (χ3v) is 3.12. The summed E-state index contributed by atoms with van der Waals surface area (Å²) in [6.45, 7) is 6.00. The molecule has 0 fully saturated rings. The van der Waals surface area contributed by atoms with E-state index in [0.29, 0.717) is 18.7 Å². The van der Waals surface area contributed by atoms with Crippen LogP contribution in [-0.4, -0.2) is 19.6 Å². The standard InChI is InChI=1S/C13H20FN5/c1-4-7-19-11(5-6-16-19)8-15-9-12-10(2)17-18(3)13(12)14/h5-6,15H,4,7-9H2,1-3H3. The molecule has 0 aliphatic heterocycles. The first-order valence-electron chi connectivity index (χ1n) is 6.52. The molecule has 6 heteroatoms. The highest BCUT2D eigenvalue weighted by Crippen LogP contribution is 2.11. The third-order valence-electron chi connectivity index (χ3n) is 3.12. The second kappa shape index (κ2) is 5.97. The van der Waals surface area contributed by atoms with Crippen LogP contribution < -0.4 is 5.32 Å². The van der Waals surface area contributed by atoms with E-state index in [1.54, 1.807) is 13.2 Å². The molecule has 0 aliphatic carbocycles. The van der Waals surface area contributed by atoms with Gasteiger partial charge >= 0.3 is 0 Å². The molecule has 0 spiro atoms. The maximum Gasteiger partial charge on any atom is 0.215 e. The molecule has 1 N–H and O–H groups in total. The van der Waals surface area contributed by atoms with Gasteiger partial charge in [0.1, 0.15) is 0 Å². The molecule has 0 saturated heterocycles. The van der Waals surface area contributed by atoms with Gasteiger partial charge in [0, 0.05) is 38.4 Å².